The Morgan fingerprint density at radius 1 is 1.00 bits per heavy atom. The number of hydrogen-bond donors (Lipinski definition) is 3. The number of carbonyl (C=O) groups excluding carboxylic acids is 1. The molecule has 0 aromatic heterocycles. The third-order valence-corrected chi connectivity index (χ3v) is 4.23. The van der Waals surface area contributed by atoms with Gasteiger partial charge in [-0.2, -0.15) is 0 Å². The first kappa shape index (κ1) is 22.3. The fourth-order valence-electron chi connectivity index (χ4n) is 2.89. The summed E-state index contributed by atoms with van der Waals surface area (Å²) in [6.45, 7) is 6.54. The van der Waals surface area contributed by atoms with Gasteiger partial charge in [0.15, 0.2) is 5.78 Å². The maximum atomic E-state index is 12.8. The summed E-state index contributed by atoms with van der Waals surface area (Å²) < 4.78 is 12.8. The lowest BCUT2D eigenvalue weighted by Crippen LogP contribution is -3.28. The van der Waals surface area contributed by atoms with Gasteiger partial charge in [-0.1, -0.05) is 0 Å². The molecule has 1 aromatic rings. The zero-order valence-corrected chi connectivity index (χ0v) is 14.7. The number of quaternary nitrogens is 2. The molecule has 1 aromatic carbocycles. The van der Waals surface area contributed by atoms with E-state index in [4.69, 9.17) is 5.11 Å². The second-order valence-electron chi connectivity index (χ2n) is 5.76. The van der Waals surface area contributed by atoms with Crippen LogP contribution in [0.2, 0.25) is 0 Å². The molecule has 0 spiro atoms. The van der Waals surface area contributed by atoms with E-state index in [-0.39, 0.29) is 43.0 Å². The van der Waals surface area contributed by atoms with Crippen molar-refractivity contribution in [3.63, 3.8) is 0 Å². The zero-order chi connectivity index (χ0) is 15.1. The Labute approximate surface area is 149 Å². The number of aliphatic hydroxyl groups excluding tert-OH is 1. The summed E-state index contributed by atoms with van der Waals surface area (Å²) in [6.07, 6.45) is 1.41. The molecular weight excluding hydrogens is 342 g/mol. The molecule has 3 N–H and O–H groups in total. The maximum absolute atomic E-state index is 12.8. The second-order valence-corrected chi connectivity index (χ2v) is 5.76. The van der Waals surface area contributed by atoms with E-state index in [0.29, 0.717) is 12.0 Å². The van der Waals surface area contributed by atoms with Crippen LogP contribution in [0.15, 0.2) is 24.3 Å². The third-order valence-electron chi connectivity index (χ3n) is 4.23. The first-order valence-corrected chi connectivity index (χ1v) is 7.76. The number of aliphatic hydroxyl groups is 1. The Hall–Kier alpha value is -0.720. The molecule has 2 rings (SSSR count). The van der Waals surface area contributed by atoms with Gasteiger partial charge < -0.3 is 39.7 Å². The van der Waals surface area contributed by atoms with Gasteiger partial charge in [0.05, 0.1) is 13.2 Å². The van der Waals surface area contributed by atoms with Crippen LogP contribution in [0.3, 0.4) is 0 Å². The van der Waals surface area contributed by atoms with E-state index in [2.05, 4.69) is 0 Å². The first-order valence-electron chi connectivity index (χ1n) is 7.76. The van der Waals surface area contributed by atoms with Crippen molar-refractivity contribution >= 4 is 5.78 Å². The van der Waals surface area contributed by atoms with E-state index in [1.165, 1.54) is 17.0 Å². The zero-order valence-electron chi connectivity index (χ0n) is 13.2. The molecule has 0 bridgehead atoms. The van der Waals surface area contributed by atoms with Crippen LogP contribution in [0, 0.1) is 5.82 Å². The lowest BCUT2D eigenvalue weighted by molar-refractivity contribution is -1.01. The van der Waals surface area contributed by atoms with E-state index in [1.54, 1.807) is 17.0 Å². The van der Waals surface area contributed by atoms with Crippen molar-refractivity contribution in [3.8, 4) is 0 Å². The number of benzene rings is 1. The monoisotopic (exact) mass is 366 g/mol. The Kier molecular flexibility index (Phi) is 11.4. The summed E-state index contributed by atoms with van der Waals surface area (Å²) in [6, 6.07) is 5.78. The molecule has 0 aliphatic carbocycles. The third kappa shape index (κ3) is 7.59. The lowest BCUT2D eigenvalue weighted by atomic mass is 10.1. The average Bonchev–Trinajstić information content (AvgIpc) is 2.50. The van der Waals surface area contributed by atoms with E-state index in [0.717, 1.165) is 45.7 Å². The summed E-state index contributed by atoms with van der Waals surface area (Å²) in [4.78, 5) is 15.0. The molecule has 1 fully saturated rings. The number of hydrogen-bond acceptors (Lipinski definition) is 2. The van der Waals surface area contributed by atoms with Gasteiger partial charge in [0, 0.05) is 18.4 Å². The predicted molar refractivity (Wildman–Crippen MR) is 78.2 cm³/mol. The molecule has 0 radical (unpaired) electrons. The SMILES string of the molecule is O=C(CCC[NH+]1CC[NH+](CCO)CC1)c1ccc(F)cc1.[Cl-].[Cl-]. The number of ketones is 1. The number of Topliss-reactive ketones (excluding diaryl/α,β-unsaturated/α-hetero) is 1. The number of rotatable bonds is 7. The van der Waals surface area contributed by atoms with Crippen LogP contribution in [-0.2, 0) is 0 Å². The van der Waals surface area contributed by atoms with Crippen molar-refractivity contribution in [2.75, 3.05) is 45.9 Å². The largest absolute Gasteiger partial charge is 1.00 e. The fourth-order valence-corrected chi connectivity index (χ4v) is 2.89. The summed E-state index contributed by atoms with van der Waals surface area (Å²) >= 11 is 0. The molecule has 4 nitrogen and oxygen atoms in total. The van der Waals surface area contributed by atoms with Gasteiger partial charge in [-0.25, -0.2) is 4.39 Å². The van der Waals surface area contributed by atoms with Gasteiger partial charge in [0.25, 0.3) is 0 Å². The van der Waals surface area contributed by atoms with Crippen LogP contribution in [0.5, 0.6) is 0 Å². The van der Waals surface area contributed by atoms with Gasteiger partial charge in [-0.15, -0.1) is 0 Å². The average molecular weight is 367 g/mol. The Morgan fingerprint density at radius 3 is 2.04 bits per heavy atom. The van der Waals surface area contributed by atoms with Crippen LogP contribution < -0.4 is 34.6 Å². The number of nitrogens with one attached hydrogen (secondary N) is 2. The van der Waals surface area contributed by atoms with Crippen molar-refractivity contribution in [1.29, 1.82) is 0 Å². The summed E-state index contributed by atoms with van der Waals surface area (Å²) in [7, 11) is 0. The summed E-state index contributed by atoms with van der Waals surface area (Å²) in [5.74, 6) is -0.210. The molecule has 1 aliphatic rings. The molecule has 0 atom stereocenters. The van der Waals surface area contributed by atoms with Crippen molar-refractivity contribution in [1.82, 2.24) is 0 Å². The van der Waals surface area contributed by atoms with Crippen molar-refractivity contribution < 1.29 is 48.9 Å². The van der Waals surface area contributed by atoms with Gasteiger partial charge in [-0.05, 0) is 24.3 Å². The number of carbonyl (C=O) groups is 1. The number of halogens is 3. The molecule has 132 valence electrons. The van der Waals surface area contributed by atoms with E-state index >= 15 is 0 Å². The van der Waals surface area contributed by atoms with Crippen LogP contribution >= 0.6 is 0 Å². The molecule has 0 amide bonds. The summed E-state index contributed by atoms with van der Waals surface area (Å²) in [5.41, 5.74) is 0.601. The minimum absolute atomic E-state index is 0. The second kappa shape index (κ2) is 11.8. The quantitative estimate of drug-likeness (QED) is 0.420. The highest BCUT2D eigenvalue weighted by molar-refractivity contribution is 5.95. The van der Waals surface area contributed by atoms with E-state index in [1.807, 2.05) is 0 Å². The van der Waals surface area contributed by atoms with Crippen LogP contribution in [0.1, 0.15) is 23.2 Å². The highest BCUT2D eigenvalue weighted by atomic mass is 35.5. The standard InChI is InChI=1S/C16H23FN2O2.2ClH/c17-15-5-3-14(4-6-15)16(21)2-1-7-18-8-10-19(11-9-18)12-13-20;;/h3-6,20H,1-2,7-13H2;2*1H. The first-order chi connectivity index (χ1) is 10.2. The smallest absolute Gasteiger partial charge is 0.163 e. The lowest BCUT2D eigenvalue weighted by Gasteiger charge is -2.29. The minimum Gasteiger partial charge on any atom is -1.00 e. The Bertz CT molecular complexity index is 452. The van der Waals surface area contributed by atoms with Crippen LogP contribution in [0.25, 0.3) is 0 Å². The highest BCUT2D eigenvalue weighted by Crippen LogP contribution is 2.06. The Balaban J connectivity index is 0.00000242. The van der Waals surface area contributed by atoms with E-state index < -0.39 is 0 Å². The minimum atomic E-state index is -0.306. The summed E-state index contributed by atoms with van der Waals surface area (Å²) in [5, 5.41) is 8.92. The molecule has 1 saturated heterocycles. The normalized spacial score (nSPS) is 20.3. The Morgan fingerprint density at radius 2 is 1.52 bits per heavy atom. The molecule has 0 unspecified atom stereocenters. The molecule has 0 saturated carbocycles. The molecule has 23 heavy (non-hydrogen) atoms. The molecule has 1 aliphatic heterocycles. The van der Waals surface area contributed by atoms with Crippen molar-refractivity contribution in [2.45, 2.75) is 12.8 Å². The van der Waals surface area contributed by atoms with Crippen molar-refractivity contribution in [2.24, 2.45) is 0 Å². The van der Waals surface area contributed by atoms with Gasteiger partial charge in [0.2, 0.25) is 0 Å². The van der Waals surface area contributed by atoms with Gasteiger partial charge in [0.1, 0.15) is 38.5 Å². The maximum Gasteiger partial charge on any atom is 0.163 e. The molecular formula is C16H25Cl2FN2O2. The van der Waals surface area contributed by atoms with Crippen LogP contribution in [-0.4, -0.2) is 56.8 Å². The van der Waals surface area contributed by atoms with Crippen molar-refractivity contribution in [3.05, 3.63) is 35.6 Å². The number of piperazine rings is 1. The highest BCUT2D eigenvalue weighted by Gasteiger charge is 2.22. The van der Waals surface area contributed by atoms with Gasteiger partial charge in [-0.3, -0.25) is 4.79 Å². The van der Waals surface area contributed by atoms with E-state index in [9.17, 15) is 9.18 Å². The van der Waals surface area contributed by atoms with Gasteiger partial charge >= 0.3 is 0 Å². The van der Waals surface area contributed by atoms with Crippen LogP contribution in [0.4, 0.5) is 4.39 Å². The topological polar surface area (TPSA) is 46.2 Å². The fraction of sp³-hybridized carbons (Fsp3) is 0.562. The molecule has 1 heterocycles. The molecule has 7 heteroatoms. The predicted octanol–water partition coefficient (Wildman–Crippen LogP) is -7.43.